The summed E-state index contributed by atoms with van der Waals surface area (Å²) in [7, 11) is 2.14. The van der Waals surface area contributed by atoms with Crippen LogP contribution in [0.4, 0.5) is 10.1 Å². The van der Waals surface area contributed by atoms with Gasteiger partial charge in [0.25, 0.3) is 0 Å². The maximum atomic E-state index is 13.2. The fourth-order valence-electron chi connectivity index (χ4n) is 5.51. The van der Waals surface area contributed by atoms with Gasteiger partial charge in [-0.15, -0.1) is 0 Å². The molecule has 0 aliphatic carbocycles. The molecule has 0 spiro atoms. The summed E-state index contributed by atoms with van der Waals surface area (Å²) in [5.74, 6) is 0.0719. The predicted octanol–water partition coefficient (Wildman–Crippen LogP) is 4.06. The van der Waals surface area contributed by atoms with Crippen molar-refractivity contribution >= 4 is 22.2 Å². The van der Waals surface area contributed by atoms with E-state index in [9.17, 15) is 9.18 Å². The monoisotopic (exact) mass is 512 g/mol. The molecular formula is C30H33FN6O. The molecule has 4 heterocycles. The molecule has 4 aromatic rings. The van der Waals surface area contributed by atoms with E-state index in [2.05, 4.69) is 56.1 Å². The molecule has 196 valence electrons. The minimum Gasteiger partial charge on any atom is -0.369 e. The molecule has 1 saturated heterocycles. The quantitative estimate of drug-likeness (QED) is 0.348. The van der Waals surface area contributed by atoms with Crippen LogP contribution in [-0.4, -0.2) is 83.3 Å². The van der Waals surface area contributed by atoms with E-state index >= 15 is 0 Å². The Morgan fingerprint density at radius 3 is 2.66 bits per heavy atom. The number of benzene rings is 2. The van der Waals surface area contributed by atoms with Gasteiger partial charge in [0, 0.05) is 79.9 Å². The van der Waals surface area contributed by atoms with Crippen LogP contribution in [0.3, 0.4) is 0 Å². The first-order valence-corrected chi connectivity index (χ1v) is 13.4. The van der Waals surface area contributed by atoms with Gasteiger partial charge in [-0.25, -0.2) is 4.39 Å². The molecular weight excluding hydrogens is 479 g/mol. The van der Waals surface area contributed by atoms with E-state index in [-0.39, 0.29) is 18.9 Å². The van der Waals surface area contributed by atoms with Crippen LogP contribution in [0.5, 0.6) is 0 Å². The van der Waals surface area contributed by atoms with Gasteiger partial charge in [0.15, 0.2) is 5.78 Å². The molecule has 0 amide bonds. The average Bonchev–Trinajstić information content (AvgIpc) is 3.37. The van der Waals surface area contributed by atoms with E-state index in [1.165, 1.54) is 0 Å². The van der Waals surface area contributed by atoms with Gasteiger partial charge >= 0.3 is 0 Å². The summed E-state index contributed by atoms with van der Waals surface area (Å²) in [6.45, 7) is 6.39. The number of Topliss-reactive ketones (excluding diaryl/α,β-unsaturated/α-hetero) is 1. The van der Waals surface area contributed by atoms with Gasteiger partial charge in [-0.1, -0.05) is 24.3 Å². The molecule has 2 aliphatic rings. The van der Waals surface area contributed by atoms with E-state index in [0.29, 0.717) is 13.1 Å². The smallest absolute Gasteiger partial charge is 0.168 e. The lowest BCUT2D eigenvalue weighted by Gasteiger charge is -2.34. The van der Waals surface area contributed by atoms with Crippen LogP contribution < -0.4 is 4.90 Å². The SMILES string of the molecule is CN1CCN(c2cccc(C(=O)Cc3cc4cc(-c5cnn6c5CN(CCF)CC6)ccc4cn3)c2)CC1. The number of likely N-dealkylation sites (N-methyl/N-ethyl adjacent to an activating group) is 1. The zero-order valence-corrected chi connectivity index (χ0v) is 21.8. The Morgan fingerprint density at radius 2 is 1.82 bits per heavy atom. The second kappa shape index (κ2) is 10.6. The predicted molar refractivity (Wildman–Crippen MR) is 148 cm³/mol. The summed E-state index contributed by atoms with van der Waals surface area (Å²) in [6, 6.07) is 16.3. The Balaban J connectivity index is 1.22. The number of carbonyl (C=O) groups excluding carboxylic acids is 1. The second-order valence-electron chi connectivity index (χ2n) is 10.4. The molecule has 0 N–H and O–H groups in total. The second-order valence-corrected chi connectivity index (χ2v) is 10.4. The van der Waals surface area contributed by atoms with Crippen molar-refractivity contribution in [2.45, 2.75) is 19.5 Å². The maximum Gasteiger partial charge on any atom is 0.168 e. The fourth-order valence-corrected chi connectivity index (χ4v) is 5.51. The van der Waals surface area contributed by atoms with Crippen molar-refractivity contribution in [3.8, 4) is 11.1 Å². The number of piperazine rings is 1. The Kier molecular flexibility index (Phi) is 6.91. The minimum atomic E-state index is -0.339. The third-order valence-electron chi connectivity index (χ3n) is 7.82. The molecule has 0 atom stereocenters. The molecule has 0 saturated carbocycles. The fraction of sp³-hybridized carbons (Fsp3) is 0.367. The number of hydrogen-bond acceptors (Lipinski definition) is 6. The molecule has 0 unspecified atom stereocenters. The molecule has 8 heteroatoms. The summed E-state index contributed by atoms with van der Waals surface area (Å²) < 4.78 is 15.0. The molecule has 7 nitrogen and oxygen atoms in total. The van der Waals surface area contributed by atoms with Crippen LogP contribution in [0.15, 0.2) is 60.9 Å². The highest BCUT2D eigenvalue weighted by atomic mass is 19.1. The first-order valence-electron chi connectivity index (χ1n) is 13.4. The summed E-state index contributed by atoms with van der Waals surface area (Å²) in [4.78, 5) is 24.6. The standard InChI is InChI=1S/C30H33FN6O/c1-34-9-12-36(13-10-34)27-4-2-3-23(17-27)30(38)18-26-16-25-15-22(5-6-24(25)19-32-26)28-20-33-37-14-11-35(8-7-31)21-29(28)37/h2-6,15-17,19-20H,7-14,18,21H2,1H3. The van der Waals surface area contributed by atoms with Crippen molar-refractivity contribution in [1.29, 1.82) is 0 Å². The minimum absolute atomic E-state index is 0.0719. The number of halogens is 1. The third kappa shape index (κ3) is 5.06. The van der Waals surface area contributed by atoms with E-state index < -0.39 is 0 Å². The Morgan fingerprint density at radius 1 is 0.947 bits per heavy atom. The molecule has 0 radical (unpaired) electrons. The summed E-state index contributed by atoms with van der Waals surface area (Å²) >= 11 is 0. The molecule has 2 aromatic heterocycles. The molecule has 2 aliphatic heterocycles. The first-order chi connectivity index (χ1) is 18.6. The number of aromatic nitrogens is 3. The van der Waals surface area contributed by atoms with Crippen molar-refractivity contribution in [2.24, 2.45) is 0 Å². The van der Waals surface area contributed by atoms with Gasteiger partial charge in [0.2, 0.25) is 0 Å². The summed E-state index contributed by atoms with van der Waals surface area (Å²) in [6.07, 6.45) is 4.01. The van der Waals surface area contributed by atoms with Gasteiger partial charge in [0.05, 0.1) is 24.9 Å². The molecule has 1 fully saturated rings. The zero-order valence-electron chi connectivity index (χ0n) is 21.8. The Labute approximate surface area is 222 Å². The van der Waals surface area contributed by atoms with Crippen LogP contribution in [0.1, 0.15) is 21.7 Å². The molecule has 2 aromatic carbocycles. The summed E-state index contributed by atoms with van der Waals surface area (Å²) in [5.41, 5.74) is 5.86. The number of nitrogens with zero attached hydrogens (tertiary/aromatic N) is 6. The van der Waals surface area contributed by atoms with Crippen molar-refractivity contribution in [2.75, 3.05) is 57.9 Å². The Bertz CT molecular complexity index is 1460. The summed E-state index contributed by atoms with van der Waals surface area (Å²) in [5, 5.41) is 6.65. The number of hydrogen-bond donors (Lipinski definition) is 0. The lowest BCUT2D eigenvalue weighted by atomic mass is 10.00. The van der Waals surface area contributed by atoms with E-state index in [1.54, 1.807) is 0 Å². The number of anilines is 1. The van der Waals surface area contributed by atoms with Crippen molar-refractivity contribution in [1.82, 2.24) is 24.6 Å². The topological polar surface area (TPSA) is 57.5 Å². The molecule has 0 bridgehead atoms. The zero-order chi connectivity index (χ0) is 26.1. The Hall–Kier alpha value is -3.62. The van der Waals surface area contributed by atoms with E-state index in [1.807, 2.05) is 41.3 Å². The van der Waals surface area contributed by atoms with Crippen LogP contribution in [0.2, 0.25) is 0 Å². The van der Waals surface area contributed by atoms with Crippen LogP contribution in [0, 0.1) is 0 Å². The van der Waals surface area contributed by atoms with Crippen molar-refractivity contribution in [3.63, 3.8) is 0 Å². The number of carbonyl (C=O) groups is 1. The van der Waals surface area contributed by atoms with Gasteiger partial charge in [-0.3, -0.25) is 19.4 Å². The molecule has 6 rings (SSSR count). The number of fused-ring (bicyclic) bond motifs is 2. The number of pyridine rings is 1. The average molecular weight is 513 g/mol. The number of rotatable bonds is 7. The third-order valence-corrected chi connectivity index (χ3v) is 7.82. The van der Waals surface area contributed by atoms with Crippen LogP contribution >= 0.6 is 0 Å². The van der Waals surface area contributed by atoms with Crippen molar-refractivity contribution in [3.05, 3.63) is 77.9 Å². The van der Waals surface area contributed by atoms with Gasteiger partial charge in [-0.2, -0.15) is 5.10 Å². The largest absolute Gasteiger partial charge is 0.369 e. The molecule has 38 heavy (non-hydrogen) atoms. The lowest BCUT2D eigenvalue weighted by molar-refractivity contribution is 0.0992. The van der Waals surface area contributed by atoms with Gasteiger partial charge in [0.1, 0.15) is 6.67 Å². The van der Waals surface area contributed by atoms with E-state index in [0.717, 1.165) is 83.8 Å². The first kappa shape index (κ1) is 24.7. The van der Waals surface area contributed by atoms with Crippen LogP contribution in [-0.2, 0) is 19.5 Å². The highest BCUT2D eigenvalue weighted by molar-refractivity contribution is 5.98. The van der Waals surface area contributed by atoms with Crippen LogP contribution in [0.25, 0.3) is 21.9 Å². The lowest BCUT2D eigenvalue weighted by Crippen LogP contribution is -2.44. The van der Waals surface area contributed by atoms with Crippen molar-refractivity contribution < 1.29 is 9.18 Å². The highest BCUT2D eigenvalue weighted by Gasteiger charge is 2.21. The normalized spacial score (nSPS) is 16.6. The van der Waals surface area contributed by atoms with Gasteiger partial charge in [-0.05, 0) is 42.3 Å². The maximum absolute atomic E-state index is 13.2. The number of alkyl halides is 1. The number of ketones is 1. The van der Waals surface area contributed by atoms with E-state index in [4.69, 9.17) is 0 Å². The van der Waals surface area contributed by atoms with Gasteiger partial charge < -0.3 is 9.80 Å². The highest BCUT2D eigenvalue weighted by Crippen LogP contribution is 2.30.